The fourth-order valence-electron chi connectivity index (χ4n) is 5.37. The van der Waals surface area contributed by atoms with Crippen LogP contribution in [0.2, 0.25) is 0 Å². The molecule has 1 saturated heterocycles. The monoisotopic (exact) mass is 560 g/mol. The zero-order chi connectivity index (χ0) is 29.4. The molecule has 0 bridgehead atoms. The van der Waals surface area contributed by atoms with Gasteiger partial charge in [0.05, 0.1) is 18.3 Å². The number of nitrogens with zero attached hydrogens (tertiary/aromatic N) is 5. The van der Waals surface area contributed by atoms with E-state index in [4.69, 9.17) is 15.5 Å². The SMILES string of the molecule is CCOC(=O)N1CCN(C(=O)N(CCCN)[C@@H](c2nc(-c3ccccc3)cn2Cc2ccccc2)C(C)(C)C)CC1. The average molecular weight is 561 g/mol. The van der Waals surface area contributed by atoms with Crippen LogP contribution in [-0.4, -0.2) is 82.3 Å². The number of carbonyl (C=O) groups is 2. The number of amides is 3. The lowest BCUT2D eigenvalue weighted by Crippen LogP contribution is -2.56. The van der Waals surface area contributed by atoms with Gasteiger partial charge in [-0.25, -0.2) is 14.6 Å². The first-order valence-corrected chi connectivity index (χ1v) is 14.6. The van der Waals surface area contributed by atoms with E-state index >= 15 is 0 Å². The number of aromatic nitrogens is 2. The summed E-state index contributed by atoms with van der Waals surface area (Å²) in [5.41, 5.74) is 8.70. The van der Waals surface area contributed by atoms with Gasteiger partial charge in [0.15, 0.2) is 0 Å². The molecule has 1 atom stereocenters. The molecule has 1 fully saturated rings. The van der Waals surface area contributed by atoms with Crippen molar-refractivity contribution in [2.45, 2.75) is 46.7 Å². The van der Waals surface area contributed by atoms with Gasteiger partial charge < -0.3 is 29.7 Å². The number of hydrogen-bond donors (Lipinski definition) is 1. The predicted octanol–water partition coefficient (Wildman–Crippen LogP) is 5.23. The van der Waals surface area contributed by atoms with Crippen molar-refractivity contribution in [1.29, 1.82) is 0 Å². The highest BCUT2D eigenvalue weighted by Gasteiger charge is 2.40. The molecule has 0 radical (unpaired) electrons. The molecular formula is C32H44N6O3. The van der Waals surface area contributed by atoms with E-state index in [1.54, 1.807) is 11.8 Å². The number of piperazine rings is 1. The van der Waals surface area contributed by atoms with Crippen molar-refractivity contribution in [2.75, 3.05) is 45.9 Å². The Morgan fingerprint density at radius 1 is 0.976 bits per heavy atom. The quantitative estimate of drug-likeness (QED) is 0.387. The van der Waals surface area contributed by atoms with Crippen LogP contribution >= 0.6 is 0 Å². The Bertz CT molecular complexity index is 1260. The molecule has 0 aliphatic carbocycles. The van der Waals surface area contributed by atoms with Gasteiger partial charge in [-0.05, 0) is 30.9 Å². The topological polar surface area (TPSA) is 96.9 Å². The Balaban J connectivity index is 1.71. The van der Waals surface area contributed by atoms with Crippen LogP contribution in [0.5, 0.6) is 0 Å². The van der Waals surface area contributed by atoms with Crippen molar-refractivity contribution in [2.24, 2.45) is 11.1 Å². The lowest BCUT2D eigenvalue weighted by atomic mass is 9.84. The van der Waals surface area contributed by atoms with Crippen LogP contribution in [0.25, 0.3) is 11.3 Å². The van der Waals surface area contributed by atoms with E-state index < -0.39 is 0 Å². The van der Waals surface area contributed by atoms with E-state index in [0.29, 0.717) is 58.8 Å². The summed E-state index contributed by atoms with van der Waals surface area (Å²) in [6.07, 6.45) is 2.44. The minimum absolute atomic E-state index is 0.0580. The van der Waals surface area contributed by atoms with Crippen LogP contribution in [0, 0.1) is 5.41 Å². The molecular weight excluding hydrogens is 516 g/mol. The van der Waals surface area contributed by atoms with E-state index in [9.17, 15) is 9.59 Å². The van der Waals surface area contributed by atoms with Crippen molar-refractivity contribution in [1.82, 2.24) is 24.3 Å². The van der Waals surface area contributed by atoms with E-state index in [0.717, 1.165) is 22.6 Å². The molecule has 2 heterocycles. The third-order valence-electron chi connectivity index (χ3n) is 7.37. The summed E-state index contributed by atoms with van der Waals surface area (Å²) in [6, 6.07) is 20.1. The highest BCUT2D eigenvalue weighted by atomic mass is 16.6. The summed E-state index contributed by atoms with van der Waals surface area (Å²) in [4.78, 5) is 37.2. The maximum atomic E-state index is 14.3. The number of hydrogen-bond acceptors (Lipinski definition) is 5. The molecule has 2 N–H and O–H groups in total. The number of imidazole rings is 1. The normalized spacial score (nSPS) is 14.6. The summed E-state index contributed by atoms with van der Waals surface area (Å²) in [7, 11) is 0. The molecule has 9 nitrogen and oxygen atoms in total. The second-order valence-corrected chi connectivity index (χ2v) is 11.5. The summed E-state index contributed by atoms with van der Waals surface area (Å²) < 4.78 is 7.36. The maximum Gasteiger partial charge on any atom is 0.409 e. The molecule has 4 rings (SSSR count). The van der Waals surface area contributed by atoms with Gasteiger partial charge in [0, 0.05) is 51.0 Å². The molecule has 1 aliphatic heterocycles. The fraction of sp³-hybridized carbons (Fsp3) is 0.469. The molecule has 3 aromatic rings. The van der Waals surface area contributed by atoms with Gasteiger partial charge in [-0.15, -0.1) is 0 Å². The van der Waals surface area contributed by atoms with Gasteiger partial charge in [0.25, 0.3) is 0 Å². The smallest absolute Gasteiger partial charge is 0.409 e. The molecule has 1 aliphatic rings. The summed E-state index contributed by atoms with van der Waals surface area (Å²) in [6.45, 7) is 12.0. The van der Waals surface area contributed by atoms with Crippen molar-refractivity contribution in [3.05, 3.63) is 78.2 Å². The third-order valence-corrected chi connectivity index (χ3v) is 7.37. The van der Waals surface area contributed by atoms with Crippen LogP contribution in [0.4, 0.5) is 9.59 Å². The molecule has 0 spiro atoms. The van der Waals surface area contributed by atoms with E-state index in [1.165, 1.54) is 0 Å². The van der Waals surface area contributed by atoms with Gasteiger partial charge in [0.1, 0.15) is 5.82 Å². The Morgan fingerprint density at radius 2 is 1.59 bits per heavy atom. The van der Waals surface area contributed by atoms with Gasteiger partial charge >= 0.3 is 12.1 Å². The summed E-state index contributed by atoms with van der Waals surface area (Å²) in [5, 5.41) is 0. The average Bonchev–Trinajstić information content (AvgIpc) is 3.38. The van der Waals surface area contributed by atoms with Crippen LogP contribution in [0.15, 0.2) is 66.9 Å². The molecule has 0 saturated carbocycles. The van der Waals surface area contributed by atoms with Gasteiger partial charge in [-0.1, -0.05) is 81.4 Å². The highest BCUT2D eigenvalue weighted by Crippen LogP contribution is 2.39. The minimum Gasteiger partial charge on any atom is -0.450 e. The Morgan fingerprint density at radius 3 is 2.17 bits per heavy atom. The van der Waals surface area contributed by atoms with Crippen molar-refractivity contribution in [3.63, 3.8) is 0 Å². The second kappa shape index (κ2) is 13.7. The predicted molar refractivity (Wildman–Crippen MR) is 161 cm³/mol. The number of carbonyl (C=O) groups excluding carboxylic acids is 2. The van der Waals surface area contributed by atoms with Crippen LogP contribution in [-0.2, 0) is 11.3 Å². The molecule has 2 aromatic carbocycles. The molecule has 9 heteroatoms. The lowest BCUT2D eigenvalue weighted by molar-refractivity contribution is 0.0589. The first-order chi connectivity index (χ1) is 19.7. The molecule has 220 valence electrons. The van der Waals surface area contributed by atoms with E-state index in [2.05, 4.69) is 55.8 Å². The first kappa shape index (κ1) is 30.1. The number of urea groups is 1. The van der Waals surface area contributed by atoms with Crippen molar-refractivity contribution >= 4 is 12.1 Å². The number of rotatable bonds is 9. The zero-order valence-electron chi connectivity index (χ0n) is 24.8. The van der Waals surface area contributed by atoms with Crippen LogP contribution < -0.4 is 5.73 Å². The van der Waals surface area contributed by atoms with Gasteiger partial charge in [0.2, 0.25) is 0 Å². The van der Waals surface area contributed by atoms with Crippen molar-refractivity contribution < 1.29 is 14.3 Å². The van der Waals surface area contributed by atoms with Crippen molar-refractivity contribution in [3.8, 4) is 11.3 Å². The summed E-state index contributed by atoms with van der Waals surface area (Å²) in [5.74, 6) is 0.843. The van der Waals surface area contributed by atoms with E-state index in [-0.39, 0.29) is 23.6 Å². The zero-order valence-corrected chi connectivity index (χ0v) is 24.8. The van der Waals surface area contributed by atoms with Crippen LogP contribution in [0.1, 0.15) is 51.5 Å². The fourth-order valence-corrected chi connectivity index (χ4v) is 5.37. The lowest BCUT2D eigenvalue weighted by Gasteiger charge is -2.43. The van der Waals surface area contributed by atoms with Gasteiger partial charge in [-0.3, -0.25) is 0 Å². The van der Waals surface area contributed by atoms with Crippen LogP contribution in [0.3, 0.4) is 0 Å². The third kappa shape index (κ3) is 7.47. The minimum atomic E-state index is -0.330. The van der Waals surface area contributed by atoms with E-state index in [1.807, 2.05) is 46.2 Å². The number of nitrogens with two attached hydrogens (primary N) is 1. The molecule has 41 heavy (non-hydrogen) atoms. The molecule has 3 amide bonds. The molecule has 1 aromatic heterocycles. The molecule has 0 unspecified atom stereocenters. The maximum absolute atomic E-state index is 14.3. The Labute approximate surface area is 243 Å². The number of ether oxygens (including phenoxy) is 1. The Kier molecular flexibility index (Phi) is 10.0. The standard InChI is InChI=1S/C32H44N6O3/c1-5-41-31(40)36-21-19-35(20-22-36)30(39)38(18-12-17-33)28(32(2,3)4)29-34-27(26-15-10-7-11-16-26)24-37(29)23-25-13-8-6-9-14-25/h6-11,13-16,24,28H,5,12,17-23,33H2,1-4H3/t28-/m0/s1. The highest BCUT2D eigenvalue weighted by molar-refractivity contribution is 5.76. The first-order valence-electron chi connectivity index (χ1n) is 14.6. The Hall–Kier alpha value is -3.85. The van der Waals surface area contributed by atoms with Gasteiger partial charge in [-0.2, -0.15) is 0 Å². The second-order valence-electron chi connectivity index (χ2n) is 11.5. The summed E-state index contributed by atoms with van der Waals surface area (Å²) >= 11 is 0. The largest absolute Gasteiger partial charge is 0.450 e. The number of benzene rings is 2.